The molecule has 1 aliphatic carbocycles. The van der Waals surface area contributed by atoms with Gasteiger partial charge in [0.05, 0.1) is 23.3 Å². The van der Waals surface area contributed by atoms with Crippen molar-refractivity contribution >= 4 is 33.6 Å². The van der Waals surface area contributed by atoms with Crippen LogP contribution in [0, 0.1) is 0 Å². The molecule has 2 heterocycles. The Labute approximate surface area is 214 Å². The van der Waals surface area contributed by atoms with Crippen LogP contribution in [0.2, 0.25) is 0 Å². The highest BCUT2D eigenvalue weighted by Crippen LogP contribution is 2.47. The average Bonchev–Trinajstić information content (AvgIpc) is 3.42. The number of benzene rings is 4. The van der Waals surface area contributed by atoms with Gasteiger partial charge in [-0.05, 0) is 47.6 Å². The number of rotatable bonds is 6. The van der Waals surface area contributed by atoms with E-state index in [0.29, 0.717) is 24.3 Å². The molecule has 5 aromatic rings. The number of nitrogens with zero attached hydrogens (tertiary/aromatic N) is 1. The van der Waals surface area contributed by atoms with Crippen LogP contribution in [0.5, 0.6) is 0 Å². The first kappa shape index (κ1) is 22.0. The van der Waals surface area contributed by atoms with Gasteiger partial charge in [-0.2, -0.15) is 0 Å². The van der Waals surface area contributed by atoms with Crippen LogP contribution < -0.4 is 5.32 Å². The van der Waals surface area contributed by atoms with Crippen molar-refractivity contribution in [1.82, 2.24) is 9.88 Å². The highest BCUT2D eigenvalue weighted by Gasteiger charge is 2.37. The molecule has 2 aliphatic rings. The van der Waals surface area contributed by atoms with Crippen molar-refractivity contribution in [2.75, 3.05) is 6.61 Å². The number of imide groups is 1. The summed E-state index contributed by atoms with van der Waals surface area (Å²) in [5.41, 5.74) is 8.93. The van der Waals surface area contributed by atoms with E-state index in [4.69, 9.17) is 4.74 Å². The lowest BCUT2D eigenvalue weighted by Gasteiger charge is -2.24. The number of ether oxygens (including phenoxy) is 1. The number of nitrogens with one attached hydrogen (secondary N) is 1. The molecule has 1 N–H and O–H groups in total. The maximum absolute atomic E-state index is 13.1. The van der Waals surface area contributed by atoms with E-state index in [2.05, 4.69) is 58.4 Å². The predicted molar refractivity (Wildman–Crippen MR) is 145 cm³/mol. The molecule has 0 fully saturated rings. The van der Waals surface area contributed by atoms with E-state index in [9.17, 15) is 9.59 Å². The van der Waals surface area contributed by atoms with Gasteiger partial charge in [-0.25, -0.2) is 0 Å². The maximum atomic E-state index is 13.1. The fraction of sp³-hybridized carbons (Fsp3) is 0.188. The standard InChI is InChI=1S/C32H26N2O3/c35-31-28-24-16-15-21-11-4-5-12-22(21)26(24)30-27(29(28)32(36)33-31)23-13-6-7-14-25(23)34(30)17-8-18-37-19-20-9-2-1-3-10-20/h1-7,9-14H,8,15-19H2,(H,33,35,36). The van der Waals surface area contributed by atoms with Gasteiger partial charge in [0.25, 0.3) is 11.8 Å². The summed E-state index contributed by atoms with van der Waals surface area (Å²) in [6, 6.07) is 26.9. The van der Waals surface area contributed by atoms with Gasteiger partial charge in [-0.3, -0.25) is 14.9 Å². The second kappa shape index (κ2) is 8.71. The van der Waals surface area contributed by atoms with Crippen LogP contribution in [-0.2, 0) is 30.7 Å². The number of hydrogen-bond acceptors (Lipinski definition) is 3. The number of aryl methyl sites for hydroxylation is 2. The fourth-order valence-corrected chi connectivity index (χ4v) is 6.17. The molecule has 1 aromatic heterocycles. The van der Waals surface area contributed by atoms with E-state index >= 15 is 0 Å². The molecule has 0 unspecified atom stereocenters. The van der Waals surface area contributed by atoms with E-state index in [1.54, 1.807) is 0 Å². The summed E-state index contributed by atoms with van der Waals surface area (Å²) >= 11 is 0. The summed E-state index contributed by atoms with van der Waals surface area (Å²) in [6.45, 7) is 1.97. The molecule has 1 aliphatic heterocycles. The Morgan fingerprint density at radius 2 is 1.54 bits per heavy atom. The lowest BCUT2D eigenvalue weighted by atomic mass is 9.80. The van der Waals surface area contributed by atoms with E-state index in [1.807, 2.05) is 30.3 Å². The fourth-order valence-electron chi connectivity index (χ4n) is 6.17. The second-order valence-corrected chi connectivity index (χ2v) is 9.83. The van der Waals surface area contributed by atoms with Crippen molar-refractivity contribution in [2.45, 2.75) is 32.4 Å². The summed E-state index contributed by atoms with van der Waals surface area (Å²) in [5, 5.41) is 4.48. The Bertz CT molecular complexity index is 1720. The van der Waals surface area contributed by atoms with E-state index in [1.165, 1.54) is 5.56 Å². The number of aromatic nitrogens is 1. The minimum atomic E-state index is -0.291. The van der Waals surface area contributed by atoms with Gasteiger partial charge in [-0.1, -0.05) is 72.8 Å². The first-order valence-electron chi connectivity index (χ1n) is 12.9. The van der Waals surface area contributed by atoms with Gasteiger partial charge in [0.2, 0.25) is 0 Å². The number of carbonyl (C=O) groups is 2. The van der Waals surface area contributed by atoms with Crippen molar-refractivity contribution in [3.05, 3.63) is 107 Å². The van der Waals surface area contributed by atoms with Crippen molar-refractivity contribution in [3.8, 4) is 11.1 Å². The van der Waals surface area contributed by atoms with Crippen molar-refractivity contribution in [3.63, 3.8) is 0 Å². The number of fused-ring (bicyclic) bond motifs is 10. The summed E-state index contributed by atoms with van der Waals surface area (Å²) in [6.07, 6.45) is 2.43. The Balaban J connectivity index is 1.39. The molecule has 0 atom stereocenters. The molecule has 0 saturated carbocycles. The molecule has 7 rings (SSSR count). The second-order valence-electron chi connectivity index (χ2n) is 9.83. The van der Waals surface area contributed by atoms with Crippen molar-refractivity contribution < 1.29 is 14.3 Å². The van der Waals surface area contributed by atoms with Crippen molar-refractivity contribution in [2.24, 2.45) is 0 Å². The molecule has 4 aromatic carbocycles. The molecule has 37 heavy (non-hydrogen) atoms. The smallest absolute Gasteiger partial charge is 0.259 e. The predicted octanol–water partition coefficient (Wildman–Crippen LogP) is 6.05. The van der Waals surface area contributed by atoms with Crippen LogP contribution in [0.15, 0.2) is 78.9 Å². The summed E-state index contributed by atoms with van der Waals surface area (Å²) in [4.78, 5) is 26.2. The highest BCUT2D eigenvalue weighted by atomic mass is 16.5. The number of amides is 2. The Morgan fingerprint density at radius 3 is 2.43 bits per heavy atom. The third-order valence-electron chi connectivity index (χ3n) is 7.71. The lowest BCUT2D eigenvalue weighted by molar-refractivity contribution is 0.0880. The monoisotopic (exact) mass is 486 g/mol. The zero-order valence-electron chi connectivity index (χ0n) is 20.4. The van der Waals surface area contributed by atoms with Crippen LogP contribution in [0.1, 0.15) is 43.8 Å². The minimum Gasteiger partial charge on any atom is -0.377 e. The normalized spacial score (nSPS) is 14.1. The molecule has 182 valence electrons. The number of para-hydroxylation sites is 1. The quantitative estimate of drug-likeness (QED) is 0.235. The van der Waals surface area contributed by atoms with Gasteiger partial charge in [0.1, 0.15) is 0 Å². The van der Waals surface area contributed by atoms with Crippen LogP contribution in [-0.4, -0.2) is 23.0 Å². The van der Waals surface area contributed by atoms with Crippen molar-refractivity contribution in [1.29, 1.82) is 0 Å². The van der Waals surface area contributed by atoms with Gasteiger partial charge in [0.15, 0.2) is 0 Å². The molecule has 0 bridgehead atoms. The molecular weight excluding hydrogens is 460 g/mol. The SMILES string of the molecule is O=C1NC(=O)c2c1c1c(c3c2c2ccccc2n3CCCOCc2ccccc2)-c2ccccc2CC1. The highest BCUT2D eigenvalue weighted by molar-refractivity contribution is 6.33. The topological polar surface area (TPSA) is 60.3 Å². The first-order valence-corrected chi connectivity index (χ1v) is 12.9. The molecule has 5 nitrogen and oxygen atoms in total. The van der Waals surface area contributed by atoms with Gasteiger partial charge < -0.3 is 9.30 Å². The lowest BCUT2D eigenvalue weighted by Crippen LogP contribution is -2.20. The zero-order valence-corrected chi connectivity index (χ0v) is 20.4. The molecule has 0 spiro atoms. The third-order valence-corrected chi connectivity index (χ3v) is 7.71. The van der Waals surface area contributed by atoms with Crippen LogP contribution in [0.3, 0.4) is 0 Å². The summed E-state index contributed by atoms with van der Waals surface area (Å²) in [7, 11) is 0. The van der Waals surface area contributed by atoms with Crippen LogP contribution in [0.25, 0.3) is 32.9 Å². The minimum absolute atomic E-state index is 0.274. The number of hydrogen-bond donors (Lipinski definition) is 1. The Hall–Kier alpha value is -4.22. The van der Waals surface area contributed by atoms with Gasteiger partial charge in [0, 0.05) is 35.0 Å². The van der Waals surface area contributed by atoms with E-state index < -0.39 is 0 Å². The largest absolute Gasteiger partial charge is 0.377 e. The first-order chi connectivity index (χ1) is 18.2. The third kappa shape index (κ3) is 3.42. The molecule has 0 radical (unpaired) electrons. The molecule has 2 amide bonds. The average molecular weight is 487 g/mol. The summed E-state index contributed by atoms with van der Waals surface area (Å²) in [5.74, 6) is -0.565. The number of carbonyl (C=O) groups excluding carboxylic acids is 2. The zero-order chi connectivity index (χ0) is 24.9. The maximum Gasteiger partial charge on any atom is 0.259 e. The van der Waals surface area contributed by atoms with E-state index in [-0.39, 0.29) is 11.8 Å². The van der Waals surface area contributed by atoms with Gasteiger partial charge in [-0.15, -0.1) is 0 Å². The molecule has 0 saturated heterocycles. The van der Waals surface area contributed by atoms with Crippen LogP contribution in [0.4, 0.5) is 0 Å². The Morgan fingerprint density at radius 1 is 0.784 bits per heavy atom. The van der Waals surface area contributed by atoms with Crippen LogP contribution >= 0.6 is 0 Å². The van der Waals surface area contributed by atoms with E-state index in [0.717, 1.165) is 69.9 Å². The van der Waals surface area contributed by atoms with Gasteiger partial charge >= 0.3 is 0 Å². The molecule has 5 heteroatoms. The summed E-state index contributed by atoms with van der Waals surface area (Å²) < 4.78 is 8.34. The Kier molecular flexibility index (Phi) is 5.18. The molecular formula is C32H26N2O3.